The summed E-state index contributed by atoms with van der Waals surface area (Å²) in [6.07, 6.45) is 4.23. The zero-order chi connectivity index (χ0) is 15.3. The Morgan fingerprint density at radius 1 is 1.38 bits per heavy atom. The largest absolute Gasteiger partial charge is 0.394 e. The molecule has 2 N–H and O–H groups in total. The molecule has 4 nitrogen and oxygen atoms in total. The minimum atomic E-state index is -0.594. The van der Waals surface area contributed by atoms with Crippen molar-refractivity contribution in [1.82, 2.24) is 5.32 Å². The average Bonchev–Trinajstić information content (AvgIpc) is 2.47. The van der Waals surface area contributed by atoms with Gasteiger partial charge in [0.25, 0.3) is 0 Å². The molecule has 1 aliphatic heterocycles. The summed E-state index contributed by atoms with van der Waals surface area (Å²) in [5, 5.41) is 13.4. The van der Waals surface area contributed by atoms with E-state index in [1.165, 1.54) is 6.08 Å². The normalized spacial score (nSPS) is 17.9. The molecule has 2 rings (SSSR count). The number of halogens is 2. The molecule has 1 aromatic carbocycles. The average molecular weight is 330 g/mol. The molecule has 21 heavy (non-hydrogen) atoms. The number of aliphatic hydroxyl groups is 1. The van der Waals surface area contributed by atoms with Crippen LogP contribution in [-0.4, -0.2) is 36.4 Å². The van der Waals surface area contributed by atoms with Gasteiger partial charge in [-0.05, 0) is 36.6 Å². The third kappa shape index (κ3) is 4.45. The molecule has 0 aromatic heterocycles. The summed E-state index contributed by atoms with van der Waals surface area (Å²) in [7, 11) is 0. The Hall–Kier alpha value is -1.07. The molecule has 0 atom stereocenters. The number of ether oxygens (including phenoxy) is 1. The fraction of sp³-hybridized carbons (Fsp3) is 0.400. The third-order valence-corrected chi connectivity index (χ3v) is 4.08. The van der Waals surface area contributed by atoms with E-state index < -0.39 is 5.54 Å². The highest BCUT2D eigenvalue weighted by atomic mass is 35.5. The summed E-state index contributed by atoms with van der Waals surface area (Å²) in [4.78, 5) is 12.0. The maximum atomic E-state index is 12.0. The molecule has 1 amide bonds. The Kier molecular flexibility index (Phi) is 5.65. The Morgan fingerprint density at radius 3 is 2.71 bits per heavy atom. The van der Waals surface area contributed by atoms with E-state index in [1.54, 1.807) is 24.3 Å². The van der Waals surface area contributed by atoms with Gasteiger partial charge in [0.15, 0.2) is 0 Å². The van der Waals surface area contributed by atoms with Crippen LogP contribution in [0.4, 0.5) is 0 Å². The molecule has 114 valence electrons. The minimum absolute atomic E-state index is 0.0996. The SMILES string of the molecule is O=C(/C=C/c1ccc(Cl)cc1Cl)NC1(CO)CCOCC1. The first-order valence-electron chi connectivity index (χ1n) is 6.69. The number of benzene rings is 1. The molecule has 0 spiro atoms. The van der Waals surface area contributed by atoms with E-state index in [0.717, 1.165) is 0 Å². The van der Waals surface area contributed by atoms with Crippen LogP contribution in [-0.2, 0) is 9.53 Å². The molecule has 1 aromatic rings. The van der Waals surface area contributed by atoms with E-state index in [2.05, 4.69) is 5.32 Å². The summed E-state index contributed by atoms with van der Waals surface area (Å²) in [6, 6.07) is 5.07. The van der Waals surface area contributed by atoms with Crippen molar-refractivity contribution in [2.75, 3.05) is 19.8 Å². The third-order valence-electron chi connectivity index (χ3n) is 3.52. The van der Waals surface area contributed by atoms with Crippen LogP contribution in [0, 0.1) is 0 Å². The van der Waals surface area contributed by atoms with Crippen molar-refractivity contribution in [1.29, 1.82) is 0 Å². The number of amides is 1. The van der Waals surface area contributed by atoms with Gasteiger partial charge in [-0.15, -0.1) is 0 Å². The standard InChI is InChI=1S/C15H17Cl2NO3/c16-12-3-1-11(13(17)9-12)2-4-14(20)18-15(10-19)5-7-21-8-6-15/h1-4,9,19H,5-8,10H2,(H,18,20)/b4-2+. The fourth-order valence-electron chi connectivity index (χ4n) is 2.19. The van der Waals surface area contributed by atoms with Gasteiger partial charge in [-0.1, -0.05) is 29.3 Å². The van der Waals surface area contributed by atoms with Gasteiger partial charge in [0, 0.05) is 29.3 Å². The fourth-order valence-corrected chi connectivity index (χ4v) is 2.66. The maximum absolute atomic E-state index is 12.0. The lowest BCUT2D eigenvalue weighted by Crippen LogP contribution is -2.54. The van der Waals surface area contributed by atoms with Gasteiger partial charge >= 0.3 is 0 Å². The zero-order valence-electron chi connectivity index (χ0n) is 11.4. The van der Waals surface area contributed by atoms with Crippen molar-refractivity contribution in [3.05, 3.63) is 39.9 Å². The van der Waals surface area contributed by atoms with E-state index in [9.17, 15) is 9.90 Å². The van der Waals surface area contributed by atoms with Crippen LogP contribution in [0.3, 0.4) is 0 Å². The number of carbonyl (C=O) groups excluding carboxylic acids is 1. The Bertz CT molecular complexity index is 540. The number of hydrogen-bond donors (Lipinski definition) is 2. The van der Waals surface area contributed by atoms with Crippen molar-refractivity contribution in [2.24, 2.45) is 0 Å². The van der Waals surface area contributed by atoms with Crippen LogP contribution in [0.5, 0.6) is 0 Å². The second kappa shape index (κ2) is 7.27. The molecule has 1 heterocycles. The van der Waals surface area contributed by atoms with Crippen molar-refractivity contribution in [3.8, 4) is 0 Å². The predicted octanol–water partition coefficient (Wildman–Crippen LogP) is 2.66. The molecular formula is C15H17Cl2NO3. The number of aliphatic hydroxyl groups excluding tert-OH is 1. The first-order valence-corrected chi connectivity index (χ1v) is 7.44. The number of nitrogens with one attached hydrogen (secondary N) is 1. The lowest BCUT2D eigenvalue weighted by Gasteiger charge is -2.35. The van der Waals surface area contributed by atoms with E-state index in [4.69, 9.17) is 27.9 Å². The van der Waals surface area contributed by atoms with E-state index >= 15 is 0 Å². The van der Waals surface area contributed by atoms with E-state index in [-0.39, 0.29) is 12.5 Å². The minimum Gasteiger partial charge on any atom is -0.394 e. The summed E-state index contributed by atoms with van der Waals surface area (Å²) >= 11 is 11.9. The molecule has 1 saturated heterocycles. The molecule has 1 fully saturated rings. The Morgan fingerprint density at radius 2 is 2.10 bits per heavy atom. The maximum Gasteiger partial charge on any atom is 0.244 e. The quantitative estimate of drug-likeness (QED) is 0.835. The smallest absolute Gasteiger partial charge is 0.244 e. The summed E-state index contributed by atoms with van der Waals surface area (Å²) in [6.45, 7) is 0.971. The zero-order valence-corrected chi connectivity index (χ0v) is 13.0. The number of rotatable bonds is 4. The molecule has 0 aliphatic carbocycles. The molecule has 1 aliphatic rings. The van der Waals surface area contributed by atoms with Crippen molar-refractivity contribution in [2.45, 2.75) is 18.4 Å². The summed E-state index contributed by atoms with van der Waals surface area (Å²) < 4.78 is 5.25. The molecule has 0 bridgehead atoms. The van der Waals surface area contributed by atoms with Gasteiger partial charge in [0.05, 0.1) is 12.1 Å². The second-order valence-electron chi connectivity index (χ2n) is 5.04. The molecule has 0 saturated carbocycles. The molecule has 6 heteroatoms. The number of carbonyl (C=O) groups is 1. The van der Waals surface area contributed by atoms with Crippen molar-refractivity contribution in [3.63, 3.8) is 0 Å². The van der Waals surface area contributed by atoms with Gasteiger partial charge in [-0.25, -0.2) is 0 Å². The summed E-state index contributed by atoms with van der Waals surface area (Å²) in [5.74, 6) is -0.267. The topological polar surface area (TPSA) is 58.6 Å². The first-order chi connectivity index (χ1) is 10.0. The van der Waals surface area contributed by atoms with Gasteiger partial charge in [-0.2, -0.15) is 0 Å². The van der Waals surface area contributed by atoms with E-state index in [0.29, 0.717) is 41.7 Å². The van der Waals surface area contributed by atoms with Crippen molar-refractivity contribution < 1.29 is 14.6 Å². The highest BCUT2D eigenvalue weighted by Gasteiger charge is 2.32. The van der Waals surface area contributed by atoms with E-state index in [1.807, 2.05) is 0 Å². The lowest BCUT2D eigenvalue weighted by atomic mass is 9.91. The highest BCUT2D eigenvalue weighted by Crippen LogP contribution is 2.22. The van der Waals surface area contributed by atoms with Crippen LogP contribution in [0.15, 0.2) is 24.3 Å². The van der Waals surface area contributed by atoms with Crippen LogP contribution in [0.1, 0.15) is 18.4 Å². The highest BCUT2D eigenvalue weighted by molar-refractivity contribution is 6.35. The Labute approximate surface area is 133 Å². The monoisotopic (exact) mass is 329 g/mol. The predicted molar refractivity (Wildman–Crippen MR) is 83.5 cm³/mol. The van der Waals surface area contributed by atoms with Crippen LogP contribution in [0.25, 0.3) is 6.08 Å². The first kappa shape index (κ1) is 16.3. The Balaban J connectivity index is 2.01. The molecule has 0 unspecified atom stereocenters. The van der Waals surface area contributed by atoms with Crippen molar-refractivity contribution >= 4 is 35.2 Å². The number of hydrogen-bond acceptors (Lipinski definition) is 3. The van der Waals surface area contributed by atoms with Crippen LogP contribution >= 0.6 is 23.2 Å². The summed E-state index contributed by atoms with van der Waals surface area (Å²) in [5.41, 5.74) is 0.116. The van der Waals surface area contributed by atoms with Crippen LogP contribution < -0.4 is 5.32 Å². The van der Waals surface area contributed by atoms with Gasteiger partial charge in [-0.3, -0.25) is 4.79 Å². The van der Waals surface area contributed by atoms with Gasteiger partial charge < -0.3 is 15.2 Å². The second-order valence-corrected chi connectivity index (χ2v) is 5.88. The van der Waals surface area contributed by atoms with Gasteiger partial charge in [0.1, 0.15) is 0 Å². The van der Waals surface area contributed by atoms with Gasteiger partial charge in [0.2, 0.25) is 5.91 Å². The lowest BCUT2D eigenvalue weighted by molar-refractivity contribution is -0.120. The molecular weight excluding hydrogens is 313 g/mol. The van der Waals surface area contributed by atoms with Crippen LogP contribution in [0.2, 0.25) is 10.0 Å². The molecule has 0 radical (unpaired) electrons.